The molecule has 6 nitrogen and oxygen atoms in total. The molecule has 2 fully saturated rings. The van der Waals surface area contributed by atoms with Crippen LogP contribution in [0.1, 0.15) is 48.2 Å². The lowest BCUT2D eigenvalue weighted by atomic mass is 9.84. The van der Waals surface area contributed by atoms with E-state index in [4.69, 9.17) is 4.74 Å². The number of hydrogen-bond donors (Lipinski definition) is 0. The number of benzene rings is 1. The van der Waals surface area contributed by atoms with Gasteiger partial charge in [0.2, 0.25) is 0 Å². The first-order chi connectivity index (χ1) is 14.3. The maximum atomic E-state index is 13.4. The molecule has 0 unspecified atom stereocenters. The summed E-state index contributed by atoms with van der Waals surface area (Å²) in [4.78, 5) is 27.3. The summed E-state index contributed by atoms with van der Waals surface area (Å²) in [6.45, 7) is 0. The third-order valence-corrected chi connectivity index (χ3v) is 6.07. The van der Waals surface area contributed by atoms with E-state index in [9.17, 15) is 22.8 Å². The highest BCUT2D eigenvalue weighted by Gasteiger charge is 2.48. The van der Waals surface area contributed by atoms with Crippen LogP contribution in [0, 0.1) is 5.92 Å². The van der Waals surface area contributed by atoms with Gasteiger partial charge in [0.1, 0.15) is 11.7 Å². The summed E-state index contributed by atoms with van der Waals surface area (Å²) in [7, 11) is 1.30. The number of methoxy groups -OCH3 is 1. The van der Waals surface area contributed by atoms with E-state index < -0.39 is 23.9 Å². The number of ether oxygens (including phenoxy) is 1. The summed E-state index contributed by atoms with van der Waals surface area (Å²) in [6.07, 6.45) is 0.840. The summed E-state index contributed by atoms with van der Waals surface area (Å²) < 4.78 is 45.4. The Bertz CT molecular complexity index is 956. The minimum atomic E-state index is -4.57. The summed E-state index contributed by atoms with van der Waals surface area (Å²) in [6, 6.07) is 6.07. The average Bonchev–Trinajstić information content (AvgIpc) is 3.38. The molecule has 1 aromatic heterocycles. The van der Waals surface area contributed by atoms with Gasteiger partial charge in [-0.15, -0.1) is 0 Å². The lowest BCUT2D eigenvalue weighted by Gasteiger charge is -2.33. The Hall–Kier alpha value is -2.84. The van der Waals surface area contributed by atoms with Crippen LogP contribution in [0.2, 0.25) is 0 Å². The molecule has 4 rings (SSSR count). The second-order valence-electron chi connectivity index (χ2n) is 7.78. The van der Waals surface area contributed by atoms with E-state index >= 15 is 0 Å². The van der Waals surface area contributed by atoms with Crippen LogP contribution < -0.4 is 0 Å². The van der Waals surface area contributed by atoms with E-state index in [1.165, 1.54) is 25.3 Å². The van der Waals surface area contributed by atoms with Gasteiger partial charge in [0.15, 0.2) is 0 Å². The summed E-state index contributed by atoms with van der Waals surface area (Å²) in [5, 5.41) is 3.77. The highest BCUT2D eigenvalue weighted by molar-refractivity contribution is 5.98. The number of amides is 1. The molecule has 1 saturated heterocycles. The standard InChI is InChI=1S/C21H22F3N3O3/c1-30-20(29)17-12-13-5-2-3-8-16(13)26(17)19(28)14-6-4-7-15(11-14)27-18(9-10-25-27)21(22,23)24/h4,6-7,9-11,13,16-17H,2-3,5,8,12H2,1H3/t13-,16-,17-/m0/s1. The molecule has 30 heavy (non-hydrogen) atoms. The maximum Gasteiger partial charge on any atom is 0.433 e. The summed E-state index contributed by atoms with van der Waals surface area (Å²) in [5.74, 6) is -0.597. The van der Waals surface area contributed by atoms with Crippen LogP contribution in [0.5, 0.6) is 0 Å². The Kier molecular flexibility index (Phi) is 5.29. The third-order valence-electron chi connectivity index (χ3n) is 6.07. The third kappa shape index (κ3) is 3.57. The fourth-order valence-corrected chi connectivity index (χ4v) is 4.74. The van der Waals surface area contributed by atoms with E-state index in [0.29, 0.717) is 6.42 Å². The normalized spacial score (nSPS) is 23.9. The van der Waals surface area contributed by atoms with Gasteiger partial charge in [0, 0.05) is 11.6 Å². The molecule has 3 atom stereocenters. The van der Waals surface area contributed by atoms with Crippen molar-refractivity contribution in [3.8, 4) is 5.69 Å². The molecule has 1 aromatic carbocycles. The Labute approximate surface area is 171 Å². The van der Waals surface area contributed by atoms with E-state index in [2.05, 4.69) is 5.10 Å². The summed E-state index contributed by atoms with van der Waals surface area (Å²) in [5.41, 5.74) is -0.573. The fourth-order valence-electron chi connectivity index (χ4n) is 4.74. The zero-order valence-corrected chi connectivity index (χ0v) is 16.4. The van der Waals surface area contributed by atoms with Crippen LogP contribution in [0.25, 0.3) is 5.69 Å². The SMILES string of the molecule is COC(=O)[C@@H]1C[C@@H]2CCCC[C@@H]2N1C(=O)c1cccc(-n2nccc2C(F)(F)F)c1. The predicted octanol–water partition coefficient (Wildman–Crippen LogP) is 3.84. The van der Waals surface area contributed by atoms with E-state index in [-0.39, 0.29) is 29.1 Å². The lowest BCUT2D eigenvalue weighted by Crippen LogP contribution is -2.46. The number of hydrogen-bond acceptors (Lipinski definition) is 4. The minimum absolute atomic E-state index is 0.0607. The largest absolute Gasteiger partial charge is 0.467 e. The molecule has 2 aromatic rings. The number of likely N-dealkylation sites (tertiary alicyclic amines) is 1. The van der Waals surface area contributed by atoms with Crippen LogP contribution in [0.15, 0.2) is 36.5 Å². The van der Waals surface area contributed by atoms with Gasteiger partial charge in [-0.25, -0.2) is 9.48 Å². The van der Waals surface area contributed by atoms with E-state index in [1.54, 1.807) is 11.0 Å². The molecule has 0 radical (unpaired) electrons. The zero-order valence-electron chi connectivity index (χ0n) is 16.4. The number of esters is 1. The van der Waals surface area contributed by atoms with Crippen molar-refractivity contribution in [2.45, 2.75) is 50.4 Å². The van der Waals surface area contributed by atoms with Crippen molar-refractivity contribution < 1.29 is 27.5 Å². The number of carbonyl (C=O) groups excluding carboxylic acids is 2. The number of fused-ring (bicyclic) bond motifs is 1. The van der Waals surface area contributed by atoms with Gasteiger partial charge in [-0.1, -0.05) is 18.9 Å². The number of alkyl halides is 3. The molecule has 1 aliphatic carbocycles. The molecule has 1 saturated carbocycles. The van der Waals surface area contributed by atoms with Gasteiger partial charge in [-0.05, 0) is 49.4 Å². The fraction of sp³-hybridized carbons (Fsp3) is 0.476. The maximum absolute atomic E-state index is 13.4. The highest BCUT2D eigenvalue weighted by Crippen LogP contribution is 2.41. The molecule has 2 heterocycles. The van der Waals surface area contributed by atoms with Crippen molar-refractivity contribution in [3.63, 3.8) is 0 Å². The molecule has 2 aliphatic rings. The van der Waals surface area contributed by atoms with Crippen molar-refractivity contribution in [2.75, 3.05) is 7.11 Å². The Balaban J connectivity index is 1.69. The van der Waals surface area contributed by atoms with E-state index in [0.717, 1.165) is 42.6 Å². The minimum Gasteiger partial charge on any atom is -0.467 e. The van der Waals surface area contributed by atoms with Crippen molar-refractivity contribution in [2.24, 2.45) is 5.92 Å². The molecular weight excluding hydrogens is 399 g/mol. The van der Waals surface area contributed by atoms with Gasteiger partial charge < -0.3 is 9.64 Å². The predicted molar refractivity (Wildman–Crippen MR) is 101 cm³/mol. The Morgan fingerprint density at radius 1 is 1.17 bits per heavy atom. The average molecular weight is 421 g/mol. The van der Waals surface area contributed by atoms with E-state index in [1.807, 2.05) is 0 Å². The first kappa shape index (κ1) is 20.4. The molecule has 160 valence electrons. The van der Waals surface area contributed by atoms with Crippen molar-refractivity contribution >= 4 is 11.9 Å². The second kappa shape index (κ2) is 7.77. The first-order valence-electron chi connectivity index (χ1n) is 9.93. The number of halogens is 3. The molecule has 9 heteroatoms. The lowest BCUT2D eigenvalue weighted by molar-refractivity contribution is -0.145. The van der Waals surface area contributed by atoms with Gasteiger partial charge in [0.25, 0.3) is 5.91 Å². The van der Waals surface area contributed by atoms with Crippen LogP contribution >= 0.6 is 0 Å². The molecular formula is C21H22F3N3O3. The van der Waals surface area contributed by atoms with Crippen molar-refractivity contribution in [1.29, 1.82) is 0 Å². The van der Waals surface area contributed by atoms with Gasteiger partial charge in [0.05, 0.1) is 19.0 Å². The number of carbonyl (C=O) groups is 2. The second-order valence-corrected chi connectivity index (χ2v) is 7.78. The number of aromatic nitrogens is 2. The first-order valence-corrected chi connectivity index (χ1v) is 9.93. The van der Waals surface area contributed by atoms with Gasteiger partial charge in [-0.2, -0.15) is 18.3 Å². The molecule has 0 N–H and O–H groups in total. The van der Waals surface area contributed by atoms with Crippen LogP contribution in [-0.2, 0) is 15.7 Å². The number of rotatable bonds is 3. The molecule has 1 amide bonds. The monoisotopic (exact) mass is 421 g/mol. The molecule has 0 spiro atoms. The highest BCUT2D eigenvalue weighted by atomic mass is 19.4. The van der Waals surface area contributed by atoms with Crippen molar-refractivity contribution in [1.82, 2.24) is 14.7 Å². The quantitative estimate of drug-likeness (QED) is 0.707. The van der Waals surface area contributed by atoms with Crippen molar-refractivity contribution in [3.05, 3.63) is 47.8 Å². The van der Waals surface area contributed by atoms with Gasteiger partial charge >= 0.3 is 12.1 Å². The van der Waals surface area contributed by atoms with Gasteiger partial charge in [-0.3, -0.25) is 4.79 Å². The van der Waals surface area contributed by atoms with Crippen LogP contribution in [-0.4, -0.2) is 45.8 Å². The topological polar surface area (TPSA) is 64.4 Å². The molecule has 0 bridgehead atoms. The summed E-state index contributed by atoms with van der Waals surface area (Å²) >= 11 is 0. The Morgan fingerprint density at radius 3 is 2.67 bits per heavy atom. The van der Waals surface area contributed by atoms with Crippen LogP contribution in [0.4, 0.5) is 13.2 Å². The number of nitrogens with zero attached hydrogens (tertiary/aromatic N) is 3. The molecule has 1 aliphatic heterocycles. The van der Waals surface area contributed by atoms with Crippen LogP contribution in [0.3, 0.4) is 0 Å². The smallest absolute Gasteiger partial charge is 0.433 e. The zero-order chi connectivity index (χ0) is 21.5. The Morgan fingerprint density at radius 2 is 1.93 bits per heavy atom.